The van der Waals surface area contributed by atoms with Gasteiger partial charge in [0.15, 0.2) is 17.1 Å². The zero-order valence-electron chi connectivity index (χ0n) is 8.38. The predicted octanol–water partition coefficient (Wildman–Crippen LogP) is 2.10. The van der Waals surface area contributed by atoms with Crippen LogP contribution in [0.1, 0.15) is 0 Å². The van der Waals surface area contributed by atoms with E-state index in [0.29, 0.717) is 17.1 Å². The second-order valence-corrected chi connectivity index (χ2v) is 3.32. The number of aromatic amines is 1. The normalized spacial score (nSPS) is 10.5. The molecule has 0 aliphatic rings. The fraction of sp³-hybridized carbons (Fsp3) is 0. The first-order valence-electron chi connectivity index (χ1n) is 4.90. The average molecular weight is 211 g/mol. The van der Waals surface area contributed by atoms with Gasteiger partial charge in [-0.05, 0) is 12.1 Å². The van der Waals surface area contributed by atoms with Gasteiger partial charge in [0.2, 0.25) is 0 Å². The third-order valence-corrected chi connectivity index (χ3v) is 2.19. The summed E-state index contributed by atoms with van der Waals surface area (Å²) in [5.74, 6) is 0.697. The van der Waals surface area contributed by atoms with Gasteiger partial charge in [-0.1, -0.05) is 18.2 Å². The Morgan fingerprint density at radius 3 is 2.81 bits per heavy atom. The van der Waals surface area contributed by atoms with E-state index in [0.717, 1.165) is 5.69 Å². The smallest absolute Gasteiger partial charge is 0.197 e. The maximum Gasteiger partial charge on any atom is 0.197 e. The number of anilines is 2. The molecular formula is C11H9N5. The van der Waals surface area contributed by atoms with Gasteiger partial charge in [0, 0.05) is 5.69 Å². The van der Waals surface area contributed by atoms with Crippen LogP contribution in [0.5, 0.6) is 0 Å². The van der Waals surface area contributed by atoms with Crippen molar-refractivity contribution in [3.8, 4) is 0 Å². The summed E-state index contributed by atoms with van der Waals surface area (Å²) in [6, 6.07) is 9.83. The zero-order valence-corrected chi connectivity index (χ0v) is 8.38. The highest BCUT2D eigenvalue weighted by atomic mass is 15.1. The Morgan fingerprint density at radius 2 is 1.94 bits per heavy atom. The van der Waals surface area contributed by atoms with Crippen LogP contribution >= 0.6 is 0 Å². The summed E-state index contributed by atoms with van der Waals surface area (Å²) in [6.45, 7) is 0. The van der Waals surface area contributed by atoms with Crippen LogP contribution in [-0.2, 0) is 0 Å². The van der Waals surface area contributed by atoms with Gasteiger partial charge in [0.05, 0.1) is 12.5 Å². The Morgan fingerprint density at radius 1 is 1.06 bits per heavy atom. The second-order valence-electron chi connectivity index (χ2n) is 3.32. The minimum absolute atomic E-state index is 0.624. The van der Waals surface area contributed by atoms with E-state index in [1.807, 2.05) is 30.3 Å². The van der Waals surface area contributed by atoms with Crippen molar-refractivity contribution < 1.29 is 0 Å². The maximum atomic E-state index is 4.34. The van der Waals surface area contributed by atoms with E-state index >= 15 is 0 Å². The summed E-state index contributed by atoms with van der Waals surface area (Å²) in [5, 5.41) is 3.16. The van der Waals surface area contributed by atoms with Crippen LogP contribution in [0.25, 0.3) is 11.3 Å². The van der Waals surface area contributed by atoms with Crippen LogP contribution in [0.15, 0.2) is 42.9 Å². The lowest BCUT2D eigenvalue weighted by atomic mass is 10.3. The fourth-order valence-corrected chi connectivity index (χ4v) is 1.46. The minimum Gasteiger partial charge on any atom is -0.339 e. The van der Waals surface area contributed by atoms with Gasteiger partial charge in [0.1, 0.15) is 0 Å². The first-order chi connectivity index (χ1) is 7.92. The molecule has 0 aliphatic heterocycles. The first kappa shape index (κ1) is 8.84. The Bertz CT molecular complexity index is 602. The standard InChI is InChI=1S/C11H9N5/c1-2-4-8(5-3-1)15-9-6-12-10-11(16-9)14-7-13-10/h1-7H,(H2,12,13,14,15,16). The molecule has 0 unspecified atom stereocenters. The molecule has 5 heteroatoms. The minimum atomic E-state index is 0.624. The van der Waals surface area contributed by atoms with Gasteiger partial charge in [-0.25, -0.2) is 15.0 Å². The maximum absolute atomic E-state index is 4.34. The van der Waals surface area contributed by atoms with E-state index < -0.39 is 0 Å². The molecule has 0 bridgehead atoms. The van der Waals surface area contributed by atoms with Crippen LogP contribution in [0.4, 0.5) is 11.5 Å². The SMILES string of the molecule is c1ccc(Nc2cnc3nc[nH]c3n2)cc1. The van der Waals surface area contributed by atoms with Gasteiger partial charge in [-0.3, -0.25) is 0 Å². The Kier molecular flexibility index (Phi) is 2.00. The van der Waals surface area contributed by atoms with Crippen molar-refractivity contribution in [3.05, 3.63) is 42.9 Å². The number of para-hydroxylation sites is 1. The highest BCUT2D eigenvalue weighted by molar-refractivity contribution is 5.68. The molecule has 1 aromatic carbocycles. The molecule has 78 valence electrons. The number of nitrogens with one attached hydrogen (secondary N) is 2. The summed E-state index contributed by atoms with van der Waals surface area (Å²) in [5.41, 5.74) is 2.29. The highest BCUT2D eigenvalue weighted by Crippen LogP contribution is 2.14. The lowest BCUT2D eigenvalue weighted by molar-refractivity contribution is 1.25. The molecule has 3 aromatic rings. The number of imidazole rings is 1. The van der Waals surface area contributed by atoms with Crippen LogP contribution in [0, 0.1) is 0 Å². The molecule has 0 amide bonds. The Hall–Kier alpha value is -2.43. The van der Waals surface area contributed by atoms with E-state index in [2.05, 4.69) is 25.3 Å². The summed E-state index contributed by atoms with van der Waals surface area (Å²) in [6.07, 6.45) is 3.24. The molecule has 0 fully saturated rings. The molecule has 2 aromatic heterocycles. The molecular weight excluding hydrogens is 202 g/mol. The molecule has 5 nitrogen and oxygen atoms in total. The molecule has 2 N–H and O–H groups in total. The van der Waals surface area contributed by atoms with Crippen molar-refractivity contribution in [3.63, 3.8) is 0 Å². The fourth-order valence-electron chi connectivity index (χ4n) is 1.46. The molecule has 0 spiro atoms. The van der Waals surface area contributed by atoms with Crippen molar-refractivity contribution in [2.45, 2.75) is 0 Å². The third kappa shape index (κ3) is 1.58. The van der Waals surface area contributed by atoms with Gasteiger partial charge in [-0.15, -0.1) is 0 Å². The predicted molar refractivity (Wildman–Crippen MR) is 61.4 cm³/mol. The van der Waals surface area contributed by atoms with Crippen LogP contribution in [-0.4, -0.2) is 19.9 Å². The van der Waals surface area contributed by atoms with E-state index in [-0.39, 0.29) is 0 Å². The van der Waals surface area contributed by atoms with Crippen molar-refractivity contribution >= 4 is 22.8 Å². The van der Waals surface area contributed by atoms with Crippen molar-refractivity contribution in [2.24, 2.45) is 0 Å². The monoisotopic (exact) mass is 211 g/mol. The Labute approximate surface area is 91.6 Å². The van der Waals surface area contributed by atoms with Crippen LogP contribution in [0.2, 0.25) is 0 Å². The Balaban J connectivity index is 1.94. The van der Waals surface area contributed by atoms with Crippen molar-refractivity contribution in [1.29, 1.82) is 0 Å². The number of benzene rings is 1. The van der Waals surface area contributed by atoms with E-state index in [1.165, 1.54) is 0 Å². The van der Waals surface area contributed by atoms with E-state index in [1.54, 1.807) is 12.5 Å². The molecule has 0 radical (unpaired) electrons. The lowest BCUT2D eigenvalue weighted by Gasteiger charge is -2.03. The second kappa shape index (κ2) is 3.62. The number of rotatable bonds is 2. The summed E-state index contributed by atoms with van der Waals surface area (Å²) >= 11 is 0. The average Bonchev–Trinajstić information content (AvgIpc) is 2.77. The number of fused-ring (bicyclic) bond motifs is 1. The first-order valence-corrected chi connectivity index (χ1v) is 4.90. The number of nitrogens with zero attached hydrogens (tertiary/aromatic N) is 3. The summed E-state index contributed by atoms with van der Waals surface area (Å²) in [7, 11) is 0. The molecule has 0 aliphatic carbocycles. The van der Waals surface area contributed by atoms with Gasteiger partial charge in [0.25, 0.3) is 0 Å². The van der Waals surface area contributed by atoms with Gasteiger partial charge >= 0.3 is 0 Å². The largest absolute Gasteiger partial charge is 0.339 e. The number of aromatic nitrogens is 4. The van der Waals surface area contributed by atoms with Gasteiger partial charge in [-0.2, -0.15) is 0 Å². The number of H-pyrrole nitrogens is 1. The summed E-state index contributed by atoms with van der Waals surface area (Å²) < 4.78 is 0. The number of hydrogen-bond donors (Lipinski definition) is 2. The van der Waals surface area contributed by atoms with Crippen LogP contribution in [0.3, 0.4) is 0 Å². The quantitative estimate of drug-likeness (QED) is 0.681. The zero-order chi connectivity index (χ0) is 10.8. The topological polar surface area (TPSA) is 66.5 Å². The molecule has 0 saturated carbocycles. The third-order valence-electron chi connectivity index (χ3n) is 2.19. The van der Waals surface area contributed by atoms with Crippen molar-refractivity contribution in [2.75, 3.05) is 5.32 Å². The van der Waals surface area contributed by atoms with E-state index in [9.17, 15) is 0 Å². The summed E-state index contributed by atoms with van der Waals surface area (Å²) in [4.78, 5) is 15.4. The molecule has 3 rings (SSSR count). The highest BCUT2D eigenvalue weighted by Gasteiger charge is 2.01. The molecule has 0 atom stereocenters. The van der Waals surface area contributed by atoms with E-state index in [4.69, 9.17) is 0 Å². The molecule has 0 saturated heterocycles. The van der Waals surface area contributed by atoms with Crippen molar-refractivity contribution in [1.82, 2.24) is 19.9 Å². The molecule has 2 heterocycles. The lowest BCUT2D eigenvalue weighted by Crippen LogP contribution is -1.94. The van der Waals surface area contributed by atoms with Crippen LogP contribution < -0.4 is 5.32 Å². The van der Waals surface area contributed by atoms with Gasteiger partial charge < -0.3 is 10.3 Å². The molecule has 16 heavy (non-hydrogen) atoms. The number of hydrogen-bond acceptors (Lipinski definition) is 4.